The van der Waals surface area contributed by atoms with Gasteiger partial charge in [0.25, 0.3) is 0 Å². The van der Waals surface area contributed by atoms with E-state index < -0.39 is 0 Å². The maximum Gasteiger partial charge on any atom is 0.120 e. The summed E-state index contributed by atoms with van der Waals surface area (Å²) in [7, 11) is 0. The first kappa shape index (κ1) is 9.62. The Kier molecular flexibility index (Phi) is 4.19. The Morgan fingerprint density at radius 3 is 3.00 bits per heavy atom. The van der Waals surface area contributed by atoms with Crippen LogP contribution in [0.2, 0.25) is 5.02 Å². The number of hydrogen-bond acceptors (Lipinski definition) is 2. The number of carbonyl (C=O) groups excluding carboxylic acids is 1. The van der Waals surface area contributed by atoms with Crippen LogP contribution in [0.3, 0.4) is 0 Å². The van der Waals surface area contributed by atoms with Crippen LogP contribution in [0.1, 0.15) is 6.42 Å². The lowest BCUT2D eigenvalue weighted by Gasteiger charge is -1.98. The summed E-state index contributed by atoms with van der Waals surface area (Å²) < 4.78 is 0. The Labute approximate surface area is 81.1 Å². The van der Waals surface area contributed by atoms with Crippen LogP contribution in [0, 0.1) is 0 Å². The number of benzene rings is 1. The van der Waals surface area contributed by atoms with Crippen LogP contribution in [-0.4, -0.2) is 12.0 Å². The summed E-state index contributed by atoms with van der Waals surface area (Å²) in [5.74, 6) is 0.823. The predicted octanol–water partition coefficient (Wildman–Crippen LogP) is 3.02. The van der Waals surface area contributed by atoms with Crippen molar-refractivity contribution in [2.45, 2.75) is 11.3 Å². The molecule has 0 radical (unpaired) electrons. The summed E-state index contributed by atoms with van der Waals surface area (Å²) in [6, 6.07) is 7.63. The van der Waals surface area contributed by atoms with Gasteiger partial charge in [-0.15, -0.1) is 11.8 Å². The van der Waals surface area contributed by atoms with E-state index in [1.807, 2.05) is 24.3 Å². The molecule has 0 saturated carbocycles. The van der Waals surface area contributed by atoms with Gasteiger partial charge in [0.05, 0.1) is 0 Å². The van der Waals surface area contributed by atoms with Crippen LogP contribution < -0.4 is 0 Å². The second-order valence-electron chi connectivity index (χ2n) is 2.26. The van der Waals surface area contributed by atoms with Gasteiger partial charge in [0.1, 0.15) is 6.29 Å². The largest absolute Gasteiger partial charge is 0.303 e. The van der Waals surface area contributed by atoms with Crippen molar-refractivity contribution in [3.05, 3.63) is 29.3 Å². The van der Waals surface area contributed by atoms with Crippen molar-refractivity contribution >= 4 is 29.6 Å². The highest BCUT2D eigenvalue weighted by Crippen LogP contribution is 2.21. The molecule has 0 unspecified atom stereocenters. The van der Waals surface area contributed by atoms with E-state index in [0.29, 0.717) is 6.42 Å². The summed E-state index contributed by atoms with van der Waals surface area (Å²) in [6.07, 6.45) is 1.52. The quantitative estimate of drug-likeness (QED) is 0.422. The molecule has 12 heavy (non-hydrogen) atoms. The summed E-state index contributed by atoms with van der Waals surface area (Å²) >= 11 is 7.42. The van der Waals surface area contributed by atoms with E-state index in [9.17, 15) is 4.79 Å². The van der Waals surface area contributed by atoms with Crippen molar-refractivity contribution in [2.75, 3.05) is 5.75 Å². The molecule has 0 aliphatic heterocycles. The lowest BCUT2D eigenvalue weighted by molar-refractivity contribution is -0.107. The van der Waals surface area contributed by atoms with Crippen molar-refractivity contribution in [3.8, 4) is 0 Å². The number of thioether (sulfide) groups is 1. The smallest absolute Gasteiger partial charge is 0.120 e. The molecule has 0 atom stereocenters. The van der Waals surface area contributed by atoms with E-state index in [1.54, 1.807) is 11.8 Å². The van der Waals surface area contributed by atoms with E-state index in [0.717, 1.165) is 22.0 Å². The highest BCUT2D eigenvalue weighted by molar-refractivity contribution is 7.99. The average molecular weight is 201 g/mol. The van der Waals surface area contributed by atoms with E-state index in [1.165, 1.54) is 0 Å². The zero-order valence-electron chi connectivity index (χ0n) is 6.50. The lowest BCUT2D eigenvalue weighted by Crippen LogP contribution is -1.79. The minimum atomic E-state index is 0.594. The minimum Gasteiger partial charge on any atom is -0.303 e. The molecule has 0 bridgehead atoms. The van der Waals surface area contributed by atoms with Crippen molar-refractivity contribution in [2.24, 2.45) is 0 Å². The maximum atomic E-state index is 10.0. The SMILES string of the molecule is O=CCCSc1cccc(Cl)c1. The van der Waals surface area contributed by atoms with Gasteiger partial charge in [0.15, 0.2) is 0 Å². The molecule has 0 aromatic heterocycles. The fraction of sp³-hybridized carbons (Fsp3) is 0.222. The molecule has 0 saturated heterocycles. The predicted molar refractivity (Wildman–Crippen MR) is 52.9 cm³/mol. The van der Waals surface area contributed by atoms with Crippen molar-refractivity contribution in [1.29, 1.82) is 0 Å². The molecule has 0 N–H and O–H groups in total. The number of aldehydes is 1. The molecule has 1 rings (SSSR count). The van der Waals surface area contributed by atoms with E-state index in [4.69, 9.17) is 11.6 Å². The van der Waals surface area contributed by atoms with Gasteiger partial charge in [-0.1, -0.05) is 17.7 Å². The minimum absolute atomic E-state index is 0.594. The molecule has 1 nitrogen and oxygen atoms in total. The second-order valence-corrected chi connectivity index (χ2v) is 3.87. The van der Waals surface area contributed by atoms with Crippen molar-refractivity contribution in [1.82, 2.24) is 0 Å². The first-order chi connectivity index (χ1) is 5.83. The summed E-state index contributed by atoms with van der Waals surface area (Å²) in [5.41, 5.74) is 0. The Morgan fingerprint density at radius 2 is 2.33 bits per heavy atom. The van der Waals surface area contributed by atoms with Crippen LogP contribution in [-0.2, 0) is 4.79 Å². The molecular formula is C9H9ClOS. The van der Waals surface area contributed by atoms with Gasteiger partial charge in [-0.3, -0.25) is 0 Å². The summed E-state index contributed by atoms with van der Waals surface area (Å²) in [5, 5.41) is 0.742. The molecule has 3 heteroatoms. The normalized spacial score (nSPS) is 9.75. The molecule has 0 aliphatic carbocycles. The molecule has 1 aromatic carbocycles. The van der Waals surface area contributed by atoms with E-state index in [2.05, 4.69) is 0 Å². The van der Waals surface area contributed by atoms with Crippen LogP contribution >= 0.6 is 23.4 Å². The van der Waals surface area contributed by atoms with E-state index in [-0.39, 0.29) is 0 Å². The summed E-state index contributed by atoms with van der Waals surface area (Å²) in [6.45, 7) is 0. The van der Waals surface area contributed by atoms with Gasteiger partial charge in [-0.05, 0) is 18.2 Å². The van der Waals surface area contributed by atoms with Gasteiger partial charge in [0, 0.05) is 22.1 Å². The Hall–Kier alpha value is -0.470. The van der Waals surface area contributed by atoms with Gasteiger partial charge < -0.3 is 4.79 Å². The molecule has 1 aromatic rings. The molecule has 0 spiro atoms. The fourth-order valence-electron chi connectivity index (χ4n) is 0.782. The number of carbonyl (C=O) groups is 1. The molecular weight excluding hydrogens is 192 g/mol. The Balaban J connectivity index is 2.46. The fourth-order valence-corrected chi connectivity index (χ4v) is 1.87. The first-order valence-corrected chi connectivity index (χ1v) is 5.01. The third-order valence-corrected chi connectivity index (χ3v) is 2.56. The Bertz CT molecular complexity index is 262. The average Bonchev–Trinajstić information content (AvgIpc) is 2.05. The van der Waals surface area contributed by atoms with E-state index >= 15 is 0 Å². The van der Waals surface area contributed by atoms with Gasteiger partial charge in [0.2, 0.25) is 0 Å². The van der Waals surface area contributed by atoms with Gasteiger partial charge in [-0.25, -0.2) is 0 Å². The Morgan fingerprint density at radius 1 is 1.50 bits per heavy atom. The van der Waals surface area contributed by atoms with Crippen LogP contribution in [0.4, 0.5) is 0 Å². The highest BCUT2D eigenvalue weighted by Gasteiger charge is 1.93. The maximum absolute atomic E-state index is 10.0. The van der Waals surface area contributed by atoms with Crippen molar-refractivity contribution in [3.63, 3.8) is 0 Å². The van der Waals surface area contributed by atoms with Crippen LogP contribution in [0.25, 0.3) is 0 Å². The highest BCUT2D eigenvalue weighted by atomic mass is 35.5. The van der Waals surface area contributed by atoms with Crippen LogP contribution in [0.5, 0.6) is 0 Å². The molecule has 0 fully saturated rings. The number of rotatable bonds is 4. The molecule has 0 amide bonds. The second kappa shape index (κ2) is 5.22. The third kappa shape index (κ3) is 3.28. The third-order valence-electron chi connectivity index (χ3n) is 1.30. The topological polar surface area (TPSA) is 17.1 Å². The molecule has 0 heterocycles. The monoisotopic (exact) mass is 200 g/mol. The summed E-state index contributed by atoms with van der Waals surface area (Å²) in [4.78, 5) is 11.1. The number of halogens is 1. The molecule has 0 aliphatic rings. The zero-order chi connectivity index (χ0) is 8.81. The van der Waals surface area contributed by atoms with Crippen molar-refractivity contribution < 1.29 is 4.79 Å². The van der Waals surface area contributed by atoms with Gasteiger partial charge >= 0.3 is 0 Å². The zero-order valence-corrected chi connectivity index (χ0v) is 8.07. The van der Waals surface area contributed by atoms with Gasteiger partial charge in [-0.2, -0.15) is 0 Å². The lowest BCUT2D eigenvalue weighted by atomic mass is 10.4. The standard InChI is InChI=1S/C9H9ClOS/c10-8-3-1-4-9(7-8)12-6-2-5-11/h1,3-5,7H,2,6H2. The molecule has 64 valence electrons. The number of hydrogen-bond donors (Lipinski definition) is 0. The van der Waals surface area contributed by atoms with Crippen LogP contribution in [0.15, 0.2) is 29.2 Å². The first-order valence-electron chi connectivity index (χ1n) is 3.65.